The van der Waals surface area contributed by atoms with Crippen LogP contribution in [0.3, 0.4) is 0 Å². The molecule has 4 rings (SSSR count). The van der Waals surface area contributed by atoms with Crippen LogP contribution in [-0.2, 0) is 6.54 Å². The lowest BCUT2D eigenvalue weighted by Crippen LogP contribution is -2.31. The van der Waals surface area contributed by atoms with Crippen LogP contribution in [0.4, 0.5) is 5.95 Å². The van der Waals surface area contributed by atoms with Crippen LogP contribution in [0.1, 0.15) is 18.1 Å². The maximum atomic E-state index is 5.42. The molecule has 0 unspecified atom stereocenters. The van der Waals surface area contributed by atoms with Crippen molar-refractivity contribution in [3.63, 3.8) is 0 Å². The summed E-state index contributed by atoms with van der Waals surface area (Å²) in [5.41, 5.74) is 0.935. The van der Waals surface area contributed by atoms with Gasteiger partial charge in [0.25, 0.3) is 11.8 Å². The van der Waals surface area contributed by atoms with Gasteiger partial charge in [0, 0.05) is 38.7 Å². The molecule has 25 heavy (non-hydrogen) atoms. The van der Waals surface area contributed by atoms with E-state index in [4.69, 9.17) is 9.05 Å². The zero-order chi connectivity index (χ0) is 17.1. The summed E-state index contributed by atoms with van der Waals surface area (Å²) < 4.78 is 10.5. The summed E-state index contributed by atoms with van der Waals surface area (Å²) in [5.74, 6) is 2.54. The highest BCUT2D eigenvalue weighted by Gasteiger charge is 2.20. The zero-order valence-electron chi connectivity index (χ0n) is 14.1. The van der Waals surface area contributed by atoms with Crippen LogP contribution in [-0.4, -0.2) is 51.4 Å². The number of rotatable bonds is 4. The van der Waals surface area contributed by atoms with Crippen molar-refractivity contribution in [3.05, 3.63) is 42.0 Å². The predicted octanol–water partition coefficient (Wildman–Crippen LogP) is 2.14. The third-order valence-corrected chi connectivity index (χ3v) is 4.24. The van der Waals surface area contributed by atoms with Gasteiger partial charge in [0.15, 0.2) is 5.82 Å². The Balaban J connectivity index is 1.40. The third-order valence-electron chi connectivity index (χ3n) is 4.24. The molecule has 0 N–H and O–H groups in total. The van der Waals surface area contributed by atoms with Crippen LogP contribution in [0, 0.1) is 6.92 Å². The monoisotopic (exact) mass is 340 g/mol. The predicted molar refractivity (Wildman–Crippen MR) is 90.9 cm³/mol. The SMILES string of the molecule is Cc1nc(CN2CCCN(c3noc(-c4ccccc4)n3)CC2)no1. The number of hydrogen-bond donors (Lipinski definition) is 0. The van der Waals surface area contributed by atoms with Gasteiger partial charge < -0.3 is 13.9 Å². The first-order valence-corrected chi connectivity index (χ1v) is 8.43. The Morgan fingerprint density at radius 2 is 1.84 bits per heavy atom. The Hall–Kier alpha value is -2.74. The van der Waals surface area contributed by atoms with Gasteiger partial charge in [-0.2, -0.15) is 9.97 Å². The molecule has 1 aliphatic heterocycles. The second kappa shape index (κ2) is 7.02. The molecule has 2 aromatic heterocycles. The van der Waals surface area contributed by atoms with Crippen molar-refractivity contribution >= 4 is 5.95 Å². The normalized spacial score (nSPS) is 16.1. The molecule has 0 amide bonds. The van der Waals surface area contributed by atoms with Crippen molar-refractivity contribution in [1.29, 1.82) is 0 Å². The van der Waals surface area contributed by atoms with E-state index in [0.29, 0.717) is 24.3 Å². The van der Waals surface area contributed by atoms with E-state index in [2.05, 4.69) is 30.1 Å². The fourth-order valence-electron chi connectivity index (χ4n) is 2.98. The quantitative estimate of drug-likeness (QED) is 0.714. The maximum Gasteiger partial charge on any atom is 0.266 e. The third kappa shape index (κ3) is 3.69. The van der Waals surface area contributed by atoms with Gasteiger partial charge >= 0.3 is 0 Å². The number of anilines is 1. The highest BCUT2D eigenvalue weighted by atomic mass is 16.5. The van der Waals surface area contributed by atoms with Crippen LogP contribution < -0.4 is 4.90 Å². The van der Waals surface area contributed by atoms with Gasteiger partial charge in [-0.3, -0.25) is 4.90 Å². The second-order valence-corrected chi connectivity index (χ2v) is 6.11. The molecule has 1 aliphatic rings. The van der Waals surface area contributed by atoms with Crippen LogP contribution >= 0.6 is 0 Å². The van der Waals surface area contributed by atoms with Gasteiger partial charge in [-0.1, -0.05) is 23.4 Å². The Labute approximate surface area is 145 Å². The van der Waals surface area contributed by atoms with E-state index in [0.717, 1.165) is 44.0 Å². The van der Waals surface area contributed by atoms with Crippen LogP contribution in [0.5, 0.6) is 0 Å². The van der Waals surface area contributed by atoms with Crippen molar-refractivity contribution in [2.24, 2.45) is 0 Å². The van der Waals surface area contributed by atoms with Crippen LogP contribution in [0.25, 0.3) is 11.5 Å². The first-order chi connectivity index (χ1) is 12.3. The van der Waals surface area contributed by atoms with Gasteiger partial charge in [-0.15, -0.1) is 0 Å². The molecule has 0 bridgehead atoms. The molecule has 0 saturated carbocycles. The summed E-state index contributed by atoms with van der Waals surface area (Å²) >= 11 is 0. The van der Waals surface area contributed by atoms with Gasteiger partial charge in [-0.05, 0) is 23.7 Å². The average Bonchev–Trinajstić information content (AvgIpc) is 3.21. The molecule has 1 aromatic carbocycles. The van der Waals surface area contributed by atoms with Crippen molar-refractivity contribution in [2.45, 2.75) is 19.9 Å². The van der Waals surface area contributed by atoms with Crippen molar-refractivity contribution in [3.8, 4) is 11.5 Å². The molecule has 0 aliphatic carbocycles. The molecule has 1 saturated heterocycles. The van der Waals surface area contributed by atoms with E-state index < -0.39 is 0 Å². The summed E-state index contributed by atoms with van der Waals surface area (Å²) in [6.07, 6.45) is 1.02. The number of aromatic nitrogens is 4. The minimum absolute atomic E-state index is 0.555. The summed E-state index contributed by atoms with van der Waals surface area (Å²) in [6, 6.07) is 9.82. The number of nitrogens with zero attached hydrogens (tertiary/aromatic N) is 6. The maximum absolute atomic E-state index is 5.42. The fraction of sp³-hybridized carbons (Fsp3) is 0.412. The van der Waals surface area contributed by atoms with E-state index in [1.165, 1.54) is 0 Å². The molecule has 1 fully saturated rings. The van der Waals surface area contributed by atoms with E-state index in [9.17, 15) is 0 Å². The molecule has 8 heteroatoms. The van der Waals surface area contributed by atoms with Crippen LogP contribution in [0.15, 0.2) is 39.4 Å². The lowest BCUT2D eigenvalue weighted by Gasteiger charge is -2.19. The van der Waals surface area contributed by atoms with Crippen LogP contribution in [0.2, 0.25) is 0 Å². The lowest BCUT2D eigenvalue weighted by molar-refractivity contribution is 0.272. The molecule has 3 aromatic rings. The topological polar surface area (TPSA) is 84.3 Å². The second-order valence-electron chi connectivity index (χ2n) is 6.11. The highest BCUT2D eigenvalue weighted by molar-refractivity contribution is 5.54. The molecular weight excluding hydrogens is 320 g/mol. The van der Waals surface area contributed by atoms with Crippen molar-refractivity contribution in [2.75, 3.05) is 31.1 Å². The molecule has 0 radical (unpaired) electrons. The summed E-state index contributed by atoms with van der Waals surface area (Å²) in [4.78, 5) is 13.3. The Bertz CT molecular complexity index is 815. The molecule has 130 valence electrons. The standard InChI is InChI=1S/C17H20N6O2/c1-13-18-15(20-24-13)12-22-8-5-9-23(11-10-22)17-19-16(25-21-17)14-6-3-2-4-7-14/h2-4,6-7H,5,8-12H2,1H3. The number of hydrogen-bond acceptors (Lipinski definition) is 8. The van der Waals surface area contributed by atoms with Gasteiger partial charge in [0.1, 0.15) is 0 Å². The molecule has 0 atom stereocenters. The Morgan fingerprint density at radius 3 is 2.64 bits per heavy atom. The minimum atomic E-state index is 0.555. The number of benzene rings is 1. The van der Waals surface area contributed by atoms with Gasteiger partial charge in [0.2, 0.25) is 5.89 Å². The Kier molecular flexibility index (Phi) is 4.43. The fourth-order valence-corrected chi connectivity index (χ4v) is 2.98. The van der Waals surface area contributed by atoms with E-state index >= 15 is 0 Å². The van der Waals surface area contributed by atoms with E-state index in [1.54, 1.807) is 6.92 Å². The lowest BCUT2D eigenvalue weighted by atomic mass is 10.2. The first-order valence-electron chi connectivity index (χ1n) is 8.43. The molecule has 0 spiro atoms. The summed E-state index contributed by atoms with van der Waals surface area (Å²) in [6.45, 7) is 6.12. The van der Waals surface area contributed by atoms with Crippen molar-refractivity contribution in [1.82, 2.24) is 25.2 Å². The van der Waals surface area contributed by atoms with Gasteiger partial charge in [0.05, 0.1) is 6.54 Å². The smallest absolute Gasteiger partial charge is 0.266 e. The molecular formula is C17H20N6O2. The summed E-state index contributed by atoms with van der Waals surface area (Å²) in [7, 11) is 0. The van der Waals surface area contributed by atoms with Crippen molar-refractivity contribution < 1.29 is 9.05 Å². The van der Waals surface area contributed by atoms with Gasteiger partial charge in [-0.25, -0.2) is 0 Å². The molecule has 3 heterocycles. The Morgan fingerprint density at radius 1 is 0.960 bits per heavy atom. The summed E-state index contributed by atoms with van der Waals surface area (Å²) in [5, 5.41) is 8.13. The zero-order valence-corrected chi connectivity index (χ0v) is 14.1. The van der Waals surface area contributed by atoms with E-state index in [1.807, 2.05) is 30.3 Å². The van der Waals surface area contributed by atoms with E-state index in [-0.39, 0.29) is 0 Å². The first kappa shape index (κ1) is 15.8. The molecule has 8 nitrogen and oxygen atoms in total. The average molecular weight is 340 g/mol. The largest absolute Gasteiger partial charge is 0.340 e. The minimum Gasteiger partial charge on any atom is -0.340 e. The number of aryl methyl sites for hydroxylation is 1. The highest BCUT2D eigenvalue weighted by Crippen LogP contribution is 2.20.